The molecule has 0 N–H and O–H groups in total. The Morgan fingerprint density at radius 2 is 1.19 bits per heavy atom. The molecule has 21 heavy (non-hydrogen) atoms. The molecule has 0 aromatic carbocycles. The molecular weight excluding hydrogens is 415 g/mol. The number of hydrogen-bond acceptors (Lipinski definition) is 6. The molecule has 0 saturated heterocycles. The monoisotopic (exact) mass is 444 g/mol. The summed E-state index contributed by atoms with van der Waals surface area (Å²) in [7, 11) is 0. The van der Waals surface area contributed by atoms with Crippen LogP contribution in [0.1, 0.15) is 39.5 Å². The van der Waals surface area contributed by atoms with Gasteiger partial charge in [0.1, 0.15) is 0 Å². The van der Waals surface area contributed by atoms with E-state index in [1.54, 1.807) is 21.4 Å². The van der Waals surface area contributed by atoms with E-state index in [0.717, 1.165) is 0 Å². The topological polar surface area (TPSA) is 80.3 Å². The molecule has 0 bridgehead atoms. The average molecular weight is 443 g/mol. The predicted molar refractivity (Wildman–Crippen MR) is 92.0 cm³/mol. The zero-order chi connectivity index (χ0) is 16.9. The van der Waals surface area contributed by atoms with Crippen molar-refractivity contribution in [2.24, 2.45) is 0 Å². The standard InChI is InChI=1S/2C4H9.2C3H6O2S.Sn/c2*1-3-4-2;2*1-6-2-3(4)5;/h2*1,3-4H2,2H3;2*2H2,1H3,(H,4,5);/q;;;;+2/p-2. The summed E-state index contributed by atoms with van der Waals surface area (Å²) in [6, 6.07) is 0. The minimum atomic E-state index is -0.998. The van der Waals surface area contributed by atoms with E-state index in [9.17, 15) is 19.8 Å². The number of hydrogen-bond donors (Lipinski definition) is 0. The SMILES string of the molecule is CCC[CH2][Sn+2][CH2]CCC.CSCC(=O)[O-].CSCC(=O)[O-]. The molecule has 0 amide bonds. The van der Waals surface area contributed by atoms with Crippen LogP contribution in [0.3, 0.4) is 0 Å². The van der Waals surface area contributed by atoms with Crippen LogP contribution < -0.4 is 10.2 Å². The second-order valence-electron chi connectivity index (χ2n) is 4.07. The van der Waals surface area contributed by atoms with E-state index >= 15 is 0 Å². The molecule has 4 nitrogen and oxygen atoms in total. The molecule has 0 atom stereocenters. The largest absolute Gasteiger partial charge is 0.549 e. The van der Waals surface area contributed by atoms with Crippen molar-refractivity contribution in [3.63, 3.8) is 0 Å². The van der Waals surface area contributed by atoms with Crippen molar-refractivity contribution in [2.45, 2.75) is 48.4 Å². The van der Waals surface area contributed by atoms with Gasteiger partial charge in [-0.2, -0.15) is 23.5 Å². The summed E-state index contributed by atoms with van der Waals surface area (Å²) in [4.78, 5) is 18.9. The average Bonchev–Trinajstić information content (AvgIpc) is 2.40. The van der Waals surface area contributed by atoms with Gasteiger partial charge in [0.05, 0.1) is 11.9 Å². The van der Waals surface area contributed by atoms with Crippen molar-refractivity contribution >= 4 is 56.6 Å². The molecule has 0 aromatic heterocycles. The van der Waals surface area contributed by atoms with Gasteiger partial charge >= 0.3 is 69.5 Å². The van der Waals surface area contributed by atoms with Crippen molar-refractivity contribution in [2.75, 3.05) is 24.0 Å². The Balaban J connectivity index is -0.000000240. The molecule has 0 rings (SSSR count). The fraction of sp³-hybridized carbons (Fsp3) is 0.857. The van der Waals surface area contributed by atoms with Crippen molar-refractivity contribution in [3.8, 4) is 0 Å². The second-order valence-corrected chi connectivity index (χ2v) is 10.1. The fourth-order valence-corrected chi connectivity index (χ4v) is 5.59. The quantitative estimate of drug-likeness (QED) is 0.375. The number of carbonyl (C=O) groups excluding carboxylic acids is 2. The third-order valence-corrected chi connectivity index (χ3v) is 7.02. The van der Waals surface area contributed by atoms with Gasteiger partial charge in [-0.3, -0.25) is 0 Å². The maximum absolute atomic E-state index is 9.47. The molecule has 0 saturated carbocycles. The van der Waals surface area contributed by atoms with Crippen molar-refractivity contribution in [3.05, 3.63) is 0 Å². The smallest absolute Gasteiger partial charge is 0.0513 e. The number of unbranched alkanes of at least 4 members (excludes halogenated alkanes) is 2. The second kappa shape index (κ2) is 25.4. The summed E-state index contributed by atoms with van der Waals surface area (Å²) in [6.07, 6.45) is 9.28. The van der Waals surface area contributed by atoms with Crippen molar-refractivity contribution in [1.82, 2.24) is 0 Å². The van der Waals surface area contributed by atoms with E-state index in [0.29, 0.717) is 0 Å². The number of thioether (sulfide) groups is 2. The molecule has 0 fully saturated rings. The van der Waals surface area contributed by atoms with Gasteiger partial charge in [-0.1, -0.05) is 0 Å². The number of carbonyl (C=O) groups is 2. The Labute approximate surface area is 148 Å². The van der Waals surface area contributed by atoms with E-state index in [1.165, 1.54) is 49.2 Å². The molecule has 0 aliphatic carbocycles. The summed E-state index contributed by atoms with van der Waals surface area (Å²) in [5.41, 5.74) is 0. The number of carboxylic acids is 2. The van der Waals surface area contributed by atoms with Gasteiger partial charge < -0.3 is 19.8 Å². The van der Waals surface area contributed by atoms with E-state index in [2.05, 4.69) is 13.8 Å². The number of aliphatic carboxylic acids is 2. The molecule has 0 spiro atoms. The first-order valence-corrected chi connectivity index (χ1v) is 13.9. The van der Waals surface area contributed by atoms with Crippen LogP contribution in [-0.2, 0) is 9.59 Å². The molecule has 0 heterocycles. The Kier molecular flexibility index (Phi) is 31.9. The Morgan fingerprint density at radius 1 is 0.857 bits per heavy atom. The summed E-state index contributed by atoms with van der Waals surface area (Å²) >= 11 is 2.64. The first-order chi connectivity index (χ1) is 9.95. The molecular formula is C14H28O4S2Sn. The van der Waals surface area contributed by atoms with Gasteiger partial charge in [-0.05, 0) is 12.5 Å². The van der Waals surface area contributed by atoms with Crippen LogP contribution in [-0.4, -0.2) is 57.1 Å². The maximum atomic E-state index is 9.47. The van der Waals surface area contributed by atoms with Gasteiger partial charge in [0.2, 0.25) is 0 Å². The molecule has 124 valence electrons. The van der Waals surface area contributed by atoms with E-state index in [4.69, 9.17) is 0 Å². The van der Waals surface area contributed by atoms with E-state index in [1.807, 2.05) is 0 Å². The zero-order valence-corrected chi connectivity index (χ0v) is 18.1. The van der Waals surface area contributed by atoms with E-state index in [-0.39, 0.29) is 32.6 Å². The predicted octanol–water partition coefficient (Wildman–Crippen LogP) is 1.33. The summed E-state index contributed by atoms with van der Waals surface area (Å²) in [6.45, 7) is 4.58. The van der Waals surface area contributed by atoms with Gasteiger partial charge in [0.25, 0.3) is 0 Å². The third-order valence-electron chi connectivity index (χ3n) is 1.94. The normalized spacial score (nSPS) is 8.57. The molecule has 0 aromatic rings. The van der Waals surface area contributed by atoms with Crippen LogP contribution in [0.5, 0.6) is 0 Å². The first-order valence-electron chi connectivity index (χ1n) is 7.04. The Hall–Kier alpha value is 0.439. The van der Waals surface area contributed by atoms with E-state index < -0.39 is 11.9 Å². The van der Waals surface area contributed by atoms with Gasteiger partial charge in [0.15, 0.2) is 0 Å². The Morgan fingerprint density at radius 3 is 1.33 bits per heavy atom. The zero-order valence-electron chi connectivity index (χ0n) is 13.6. The van der Waals surface area contributed by atoms with Crippen LogP contribution in [0.25, 0.3) is 0 Å². The van der Waals surface area contributed by atoms with Crippen LogP contribution in [0.4, 0.5) is 0 Å². The molecule has 0 aliphatic heterocycles. The first kappa shape index (κ1) is 26.3. The van der Waals surface area contributed by atoms with Crippen LogP contribution in [0.2, 0.25) is 8.87 Å². The third kappa shape index (κ3) is 44.9. The van der Waals surface area contributed by atoms with Crippen molar-refractivity contribution in [1.29, 1.82) is 0 Å². The minimum absolute atomic E-state index is 0.0972. The van der Waals surface area contributed by atoms with Crippen molar-refractivity contribution < 1.29 is 19.8 Å². The van der Waals surface area contributed by atoms with Gasteiger partial charge in [-0.15, -0.1) is 0 Å². The summed E-state index contributed by atoms with van der Waals surface area (Å²) in [5, 5.41) is 18.9. The number of carboxylic acid groups (broad SMARTS) is 2. The maximum Gasteiger partial charge on any atom is 0.0513 e. The fourth-order valence-electron chi connectivity index (χ4n) is 0.964. The summed E-state index contributed by atoms with van der Waals surface area (Å²) in [5.74, 6) is -1.80. The number of rotatable bonds is 10. The molecule has 0 aliphatic rings. The van der Waals surface area contributed by atoms with Crippen LogP contribution >= 0.6 is 23.5 Å². The molecule has 7 heteroatoms. The summed E-state index contributed by atoms with van der Waals surface area (Å²) < 4.78 is 3.25. The molecule has 0 radical (unpaired) electrons. The Bertz CT molecular complexity index is 207. The van der Waals surface area contributed by atoms with Gasteiger partial charge in [0, 0.05) is 11.5 Å². The van der Waals surface area contributed by atoms with Gasteiger partial charge in [-0.25, -0.2) is 0 Å². The van der Waals surface area contributed by atoms with Crippen LogP contribution in [0.15, 0.2) is 0 Å². The van der Waals surface area contributed by atoms with Crippen LogP contribution in [0, 0.1) is 0 Å². The molecule has 0 unspecified atom stereocenters. The minimum Gasteiger partial charge on any atom is -0.549 e.